The van der Waals surface area contributed by atoms with E-state index in [1.54, 1.807) is 18.6 Å². The Kier molecular flexibility index (Phi) is 4.89. The molecule has 1 amide bonds. The van der Waals surface area contributed by atoms with Gasteiger partial charge in [-0.15, -0.1) is 0 Å². The summed E-state index contributed by atoms with van der Waals surface area (Å²) in [6.45, 7) is 2.20. The number of carbonyl (C=O) groups is 1. The van der Waals surface area contributed by atoms with E-state index in [0.29, 0.717) is 23.1 Å². The van der Waals surface area contributed by atoms with Gasteiger partial charge in [-0.2, -0.15) is 0 Å². The van der Waals surface area contributed by atoms with Crippen molar-refractivity contribution in [3.8, 4) is 5.75 Å². The summed E-state index contributed by atoms with van der Waals surface area (Å²) in [6, 6.07) is 8.92. The summed E-state index contributed by atoms with van der Waals surface area (Å²) in [6.07, 6.45) is 0.264. The summed E-state index contributed by atoms with van der Waals surface area (Å²) in [5.41, 5.74) is 1.54. The molecule has 1 aromatic heterocycles. The Hall–Kier alpha value is -2.28. The first kappa shape index (κ1) is 16.6. The number of aryl methyl sites for hydroxylation is 1. The highest BCUT2D eigenvalue weighted by Crippen LogP contribution is 2.31. The van der Waals surface area contributed by atoms with Crippen LogP contribution in [0, 0.1) is 6.92 Å². The summed E-state index contributed by atoms with van der Waals surface area (Å²) >= 11 is 1.52. The van der Waals surface area contributed by atoms with Crippen molar-refractivity contribution in [1.82, 2.24) is 14.9 Å². The van der Waals surface area contributed by atoms with Gasteiger partial charge in [0.25, 0.3) is 5.56 Å². The van der Waals surface area contributed by atoms with Crippen molar-refractivity contribution in [2.24, 2.45) is 0 Å². The molecule has 2 aromatic rings. The van der Waals surface area contributed by atoms with E-state index in [9.17, 15) is 9.59 Å². The fraction of sp³-hybridized carbons (Fsp3) is 0.353. The minimum absolute atomic E-state index is 0.0909. The van der Waals surface area contributed by atoms with Gasteiger partial charge in [0.15, 0.2) is 5.16 Å². The van der Waals surface area contributed by atoms with Crippen LogP contribution >= 0.6 is 11.8 Å². The lowest BCUT2D eigenvalue weighted by molar-refractivity contribution is -0.121. The van der Waals surface area contributed by atoms with Gasteiger partial charge in [0.2, 0.25) is 5.91 Å². The topological polar surface area (TPSA) is 73.2 Å². The molecule has 0 spiro atoms. The number of rotatable bonds is 5. The standard InChI is InChI=1S/C17H19N3O3S/c1-11-7-16(22)20-13(10-24-17(20)19-11)8-15(21)18-9-12-5-3-4-6-14(12)23-2/h3-7,13H,8-10H2,1-2H3,(H,18,21)/t13-/m0/s1. The number of nitrogens with one attached hydrogen (secondary N) is 1. The Balaban J connectivity index is 1.64. The normalized spacial score (nSPS) is 15.8. The molecule has 1 aliphatic heterocycles. The maximum Gasteiger partial charge on any atom is 0.254 e. The molecular formula is C17H19N3O3S. The number of benzene rings is 1. The van der Waals surface area contributed by atoms with E-state index >= 15 is 0 Å². The highest BCUT2D eigenvalue weighted by Gasteiger charge is 2.27. The van der Waals surface area contributed by atoms with Crippen LogP contribution in [0.1, 0.15) is 23.7 Å². The Morgan fingerprint density at radius 1 is 1.46 bits per heavy atom. The molecule has 0 unspecified atom stereocenters. The molecule has 1 aliphatic rings. The van der Waals surface area contributed by atoms with Gasteiger partial charge in [0.1, 0.15) is 5.75 Å². The second-order valence-electron chi connectivity index (χ2n) is 5.65. The number of fused-ring (bicyclic) bond motifs is 1. The molecule has 2 heterocycles. The lowest BCUT2D eigenvalue weighted by Crippen LogP contribution is -2.30. The predicted octanol–water partition coefficient (Wildman–Crippen LogP) is 1.91. The van der Waals surface area contributed by atoms with Crippen LogP contribution in [0.15, 0.2) is 40.3 Å². The van der Waals surface area contributed by atoms with Crippen molar-refractivity contribution < 1.29 is 9.53 Å². The minimum atomic E-state index is -0.150. The van der Waals surface area contributed by atoms with E-state index in [4.69, 9.17) is 4.74 Å². The van der Waals surface area contributed by atoms with Crippen LogP contribution in [0.25, 0.3) is 0 Å². The van der Waals surface area contributed by atoms with Crippen LogP contribution in [0.3, 0.4) is 0 Å². The molecule has 0 radical (unpaired) electrons. The van der Waals surface area contributed by atoms with Gasteiger partial charge in [0, 0.05) is 36.0 Å². The number of aromatic nitrogens is 2. The van der Waals surface area contributed by atoms with Crippen molar-refractivity contribution in [3.63, 3.8) is 0 Å². The molecule has 7 heteroatoms. The molecule has 0 bridgehead atoms. The lowest BCUT2D eigenvalue weighted by Gasteiger charge is -2.14. The fourth-order valence-corrected chi connectivity index (χ4v) is 3.94. The third-order valence-electron chi connectivity index (χ3n) is 3.91. The van der Waals surface area contributed by atoms with E-state index < -0.39 is 0 Å². The van der Waals surface area contributed by atoms with E-state index in [-0.39, 0.29) is 23.9 Å². The molecule has 126 valence electrons. The Labute approximate surface area is 144 Å². The van der Waals surface area contributed by atoms with Crippen LogP contribution in [0.4, 0.5) is 0 Å². The van der Waals surface area contributed by atoms with E-state index in [0.717, 1.165) is 11.3 Å². The average molecular weight is 345 g/mol. The zero-order valence-corrected chi connectivity index (χ0v) is 14.4. The maximum atomic E-state index is 12.3. The molecular weight excluding hydrogens is 326 g/mol. The summed E-state index contributed by atoms with van der Waals surface area (Å²) in [5.74, 6) is 1.34. The lowest BCUT2D eigenvalue weighted by atomic mass is 10.2. The zero-order chi connectivity index (χ0) is 17.1. The van der Waals surface area contributed by atoms with Crippen LogP contribution in [0.2, 0.25) is 0 Å². The molecule has 0 saturated carbocycles. The molecule has 3 rings (SSSR count). The summed E-state index contributed by atoms with van der Waals surface area (Å²) < 4.78 is 6.90. The van der Waals surface area contributed by atoms with Crippen LogP contribution < -0.4 is 15.6 Å². The monoisotopic (exact) mass is 345 g/mol. The van der Waals surface area contributed by atoms with Crippen molar-refractivity contribution >= 4 is 17.7 Å². The third-order valence-corrected chi connectivity index (χ3v) is 5.01. The molecule has 0 fully saturated rings. The number of methoxy groups -OCH3 is 1. The van der Waals surface area contributed by atoms with Gasteiger partial charge in [-0.3, -0.25) is 14.2 Å². The number of nitrogens with zero attached hydrogens (tertiary/aromatic N) is 2. The number of carbonyl (C=O) groups excluding carboxylic acids is 1. The highest BCUT2D eigenvalue weighted by atomic mass is 32.2. The second-order valence-corrected chi connectivity index (χ2v) is 6.63. The third kappa shape index (κ3) is 3.46. The van der Waals surface area contributed by atoms with Crippen molar-refractivity contribution in [2.45, 2.75) is 31.1 Å². The Morgan fingerprint density at radius 2 is 2.25 bits per heavy atom. The maximum absolute atomic E-state index is 12.3. The number of para-hydroxylation sites is 1. The molecule has 6 nitrogen and oxygen atoms in total. The first-order valence-corrected chi connectivity index (χ1v) is 8.68. The van der Waals surface area contributed by atoms with Gasteiger partial charge in [-0.1, -0.05) is 30.0 Å². The molecule has 24 heavy (non-hydrogen) atoms. The Morgan fingerprint density at radius 3 is 3.04 bits per heavy atom. The summed E-state index contributed by atoms with van der Waals surface area (Å²) in [7, 11) is 1.61. The van der Waals surface area contributed by atoms with Crippen LogP contribution in [-0.2, 0) is 11.3 Å². The quantitative estimate of drug-likeness (QED) is 0.838. The molecule has 1 aromatic carbocycles. The van der Waals surface area contributed by atoms with E-state index in [1.807, 2.05) is 24.3 Å². The average Bonchev–Trinajstić information content (AvgIpc) is 2.96. The number of hydrogen-bond acceptors (Lipinski definition) is 5. The van der Waals surface area contributed by atoms with Crippen molar-refractivity contribution in [3.05, 3.63) is 51.9 Å². The van der Waals surface area contributed by atoms with Crippen LogP contribution in [0.5, 0.6) is 5.75 Å². The second kappa shape index (κ2) is 7.09. The molecule has 0 saturated heterocycles. The van der Waals surface area contributed by atoms with Gasteiger partial charge < -0.3 is 10.1 Å². The van der Waals surface area contributed by atoms with Crippen LogP contribution in [-0.4, -0.2) is 28.3 Å². The zero-order valence-electron chi connectivity index (χ0n) is 13.6. The van der Waals surface area contributed by atoms with E-state index in [2.05, 4.69) is 10.3 Å². The Bertz CT molecular complexity index is 819. The highest BCUT2D eigenvalue weighted by molar-refractivity contribution is 7.99. The van der Waals surface area contributed by atoms with Gasteiger partial charge >= 0.3 is 0 Å². The van der Waals surface area contributed by atoms with Crippen molar-refractivity contribution in [2.75, 3.05) is 12.9 Å². The molecule has 1 N–H and O–H groups in total. The number of amides is 1. The van der Waals surface area contributed by atoms with Gasteiger partial charge in [0.05, 0.1) is 13.2 Å². The smallest absolute Gasteiger partial charge is 0.254 e. The molecule has 1 atom stereocenters. The fourth-order valence-electron chi connectivity index (χ4n) is 2.74. The largest absolute Gasteiger partial charge is 0.496 e. The van der Waals surface area contributed by atoms with Crippen molar-refractivity contribution in [1.29, 1.82) is 0 Å². The molecule has 0 aliphatic carbocycles. The first-order valence-electron chi connectivity index (χ1n) is 7.70. The number of thioether (sulfide) groups is 1. The minimum Gasteiger partial charge on any atom is -0.496 e. The number of ether oxygens (including phenoxy) is 1. The first-order chi connectivity index (χ1) is 11.6. The van der Waals surface area contributed by atoms with E-state index in [1.165, 1.54) is 17.8 Å². The predicted molar refractivity (Wildman–Crippen MR) is 92.5 cm³/mol. The number of hydrogen-bond donors (Lipinski definition) is 1. The van der Waals surface area contributed by atoms with Gasteiger partial charge in [-0.25, -0.2) is 4.98 Å². The summed E-state index contributed by atoms with van der Waals surface area (Å²) in [4.78, 5) is 28.8. The SMILES string of the molecule is COc1ccccc1CNC(=O)C[C@H]1CSc2nc(C)cc(=O)n21. The van der Waals surface area contributed by atoms with Gasteiger partial charge in [-0.05, 0) is 13.0 Å². The summed E-state index contributed by atoms with van der Waals surface area (Å²) in [5, 5.41) is 3.60.